The lowest BCUT2D eigenvalue weighted by Gasteiger charge is -2.40. The fourth-order valence-electron chi connectivity index (χ4n) is 4.46. The number of anilines is 1. The third-order valence-electron chi connectivity index (χ3n) is 6.32. The highest BCUT2D eigenvalue weighted by Crippen LogP contribution is 2.36. The van der Waals surface area contributed by atoms with Gasteiger partial charge in [-0.15, -0.1) is 0 Å². The number of ether oxygens (including phenoxy) is 1. The second-order valence-electron chi connectivity index (χ2n) is 8.55. The Morgan fingerprint density at radius 2 is 2.00 bits per heavy atom. The van der Waals surface area contributed by atoms with Crippen molar-refractivity contribution in [2.75, 3.05) is 38.3 Å². The number of nitrogens with zero attached hydrogens (tertiary/aromatic N) is 4. The maximum atomic E-state index is 16.2. The molecule has 2 aliphatic heterocycles. The number of hydrogen-bond acceptors (Lipinski definition) is 5. The van der Waals surface area contributed by atoms with Crippen molar-refractivity contribution in [2.24, 2.45) is 0 Å². The first-order valence-electron chi connectivity index (χ1n) is 10.7. The fraction of sp³-hybridized carbons (Fsp3) is 0.348. The largest absolute Gasteiger partial charge is 0.378 e. The van der Waals surface area contributed by atoms with E-state index in [0.717, 1.165) is 0 Å². The van der Waals surface area contributed by atoms with Gasteiger partial charge in [0, 0.05) is 30.7 Å². The van der Waals surface area contributed by atoms with Crippen LogP contribution in [-0.2, 0) is 15.1 Å². The number of morpholine rings is 1. The Kier molecular flexibility index (Phi) is 5.25. The molecule has 2 aliphatic rings. The van der Waals surface area contributed by atoms with E-state index in [1.165, 1.54) is 11.9 Å². The molecule has 3 aromatic rings. The van der Waals surface area contributed by atoms with Crippen molar-refractivity contribution in [3.63, 3.8) is 0 Å². The molecule has 1 atom stereocenters. The van der Waals surface area contributed by atoms with Crippen LogP contribution in [-0.4, -0.2) is 59.7 Å². The van der Waals surface area contributed by atoms with Gasteiger partial charge in [-0.25, -0.2) is 9.37 Å². The molecule has 0 bridgehead atoms. The van der Waals surface area contributed by atoms with Gasteiger partial charge < -0.3 is 15.0 Å². The summed E-state index contributed by atoms with van der Waals surface area (Å²) in [5.74, 6) is -0.185. The van der Waals surface area contributed by atoms with Crippen molar-refractivity contribution < 1.29 is 13.9 Å². The number of carbonyl (C=O) groups excluding carboxylic acids is 1. The average molecular weight is 471 g/mol. The molecule has 2 N–H and O–H groups in total. The van der Waals surface area contributed by atoms with Crippen molar-refractivity contribution in [3.05, 3.63) is 52.8 Å². The quantitative estimate of drug-likeness (QED) is 0.613. The predicted molar refractivity (Wildman–Crippen MR) is 125 cm³/mol. The van der Waals surface area contributed by atoms with Crippen molar-refractivity contribution in [3.8, 4) is 5.69 Å². The lowest BCUT2D eigenvalue weighted by atomic mass is 9.86. The second kappa shape index (κ2) is 8.00. The summed E-state index contributed by atoms with van der Waals surface area (Å²) in [6.45, 7) is 4.13. The molecule has 5 rings (SSSR count). The number of imidazole rings is 1. The number of rotatable bonds is 3. The van der Waals surface area contributed by atoms with E-state index in [1.54, 1.807) is 41.8 Å². The van der Waals surface area contributed by atoms with E-state index >= 15 is 4.39 Å². The third kappa shape index (κ3) is 3.61. The normalized spacial score (nSPS) is 21.6. The summed E-state index contributed by atoms with van der Waals surface area (Å²) in [7, 11) is 1.53. The highest BCUT2D eigenvalue weighted by Gasteiger charge is 2.40. The zero-order valence-electron chi connectivity index (χ0n) is 18.4. The molecule has 0 spiro atoms. The van der Waals surface area contributed by atoms with Crippen LogP contribution >= 0.6 is 11.6 Å². The van der Waals surface area contributed by atoms with Gasteiger partial charge in [0.05, 0.1) is 41.9 Å². The Morgan fingerprint density at radius 1 is 1.24 bits per heavy atom. The summed E-state index contributed by atoms with van der Waals surface area (Å²) in [5, 5.41) is 11.6. The molecular weight excluding hydrogens is 447 g/mol. The zero-order valence-corrected chi connectivity index (χ0v) is 19.1. The number of hydrogen-bond donors (Lipinski definition) is 2. The van der Waals surface area contributed by atoms with Crippen LogP contribution in [0.15, 0.2) is 36.4 Å². The summed E-state index contributed by atoms with van der Waals surface area (Å²) in [4.78, 5) is 20.5. The molecule has 3 heterocycles. The first-order valence-corrected chi connectivity index (χ1v) is 11.1. The van der Waals surface area contributed by atoms with E-state index < -0.39 is 11.4 Å². The molecule has 0 aliphatic carbocycles. The molecule has 1 aromatic heterocycles. The summed E-state index contributed by atoms with van der Waals surface area (Å²) >= 11 is 6.29. The Hall–Kier alpha value is -3.17. The van der Waals surface area contributed by atoms with Gasteiger partial charge in [0.1, 0.15) is 0 Å². The van der Waals surface area contributed by atoms with Gasteiger partial charge in [-0.2, -0.15) is 0 Å². The lowest BCUT2D eigenvalue weighted by Crippen LogP contribution is -2.58. The van der Waals surface area contributed by atoms with E-state index in [2.05, 4.69) is 10.2 Å². The number of aromatic nitrogens is 2. The van der Waals surface area contributed by atoms with Gasteiger partial charge in [-0.05, 0) is 31.2 Å². The molecule has 2 saturated heterocycles. The number of carbonyl (C=O) groups is 1. The maximum absolute atomic E-state index is 16.2. The number of guanidine groups is 1. The summed E-state index contributed by atoms with van der Waals surface area (Å²) < 4.78 is 23.5. The number of amides is 1. The number of nitrogens with one attached hydrogen (secondary N) is 2. The highest BCUT2D eigenvalue weighted by atomic mass is 35.5. The zero-order chi connectivity index (χ0) is 23.3. The number of benzene rings is 2. The smallest absolute Gasteiger partial charge is 0.231 e. The minimum atomic E-state index is -1.06. The van der Waals surface area contributed by atoms with Crippen LogP contribution in [0.2, 0.25) is 5.02 Å². The van der Waals surface area contributed by atoms with Crippen LogP contribution in [0.1, 0.15) is 18.9 Å². The maximum Gasteiger partial charge on any atom is 0.231 e. The van der Waals surface area contributed by atoms with E-state index in [4.69, 9.17) is 26.7 Å². The van der Waals surface area contributed by atoms with Crippen molar-refractivity contribution in [1.29, 1.82) is 5.41 Å². The molecule has 33 heavy (non-hydrogen) atoms. The van der Waals surface area contributed by atoms with Crippen LogP contribution in [0.25, 0.3) is 16.7 Å². The minimum Gasteiger partial charge on any atom is -0.378 e. The van der Waals surface area contributed by atoms with E-state index in [9.17, 15) is 4.79 Å². The van der Waals surface area contributed by atoms with E-state index in [0.29, 0.717) is 59.6 Å². The van der Waals surface area contributed by atoms with Crippen LogP contribution in [0.5, 0.6) is 0 Å². The topological polar surface area (TPSA) is 86.5 Å². The summed E-state index contributed by atoms with van der Waals surface area (Å²) in [6, 6.07) is 10.5. The molecule has 0 saturated carbocycles. The van der Waals surface area contributed by atoms with Crippen molar-refractivity contribution in [1.82, 2.24) is 19.8 Å². The van der Waals surface area contributed by atoms with Gasteiger partial charge >= 0.3 is 0 Å². The van der Waals surface area contributed by atoms with E-state index in [-0.39, 0.29) is 18.3 Å². The van der Waals surface area contributed by atoms with Gasteiger partial charge in [0.2, 0.25) is 11.9 Å². The van der Waals surface area contributed by atoms with Gasteiger partial charge in [0.15, 0.2) is 11.8 Å². The molecule has 2 fully saturated rings. The Labute approximate surface area is 195 Å². The molecular formula is C23H24ClFN6O2. The minimum absolute atomic E-state index is 0.0269. The van der Waals surface area contributed by atoms with Crippen LogP contribution in [0, 0.1) is 11.2 Å². The summed E-state index contributed by atoms with van der Waals surface area (Å²) in [6.07, 6.45) is 0.0269. The average Bonchev–Trinajstić information content (AvgIpc) is 3.16. The Morgan fingerprint density at radius 3 is 2.73 bits per heavy atom. The molecule has 10 heteroatoms. The van der Waals surface area contributed by atoms with Gasteiger partial charge in [-0.3, -0.25) is 19.7 Å². The van der Waals surface area contributed by atoms with Crippen LogP contribution < -0.4 is 10.2 Å². The molecule has 2 aromatic carbocycles. The standard InChI is InChI=1S/C23H24ClFN6O2/c1-23(13-19(32)29(2)21(26)28-23)15-4-3-5-17(20(15)25)31-18-12-14(24)6-7-16(18)27-22(31)30-8-10-33-11-9-30/h3-7,12H,8-11,13H2,1-2H3,(H2,26,28)/t23-/m0/s1. The monoisotopic (exact) mass is 470 g/mol. The third-order valence-corrected chi connectivity index (χ3v) is 6.55. The van der Waals surface area contributed by atoms with E-state index in [1.807, 2.05) is 6.07 Å². The highest BCUT2D eigenvalue weighted by molar-refractivity contribution is 6.31. The first-order chi connectivity index (χ1) is 15.8. The SMILES string of the molecule is CN1C(=N)N[C@](C)(c2cccc(-n3c(N4CCOCC4)nc4ccc(Cl)cc43)c2F)CC1=O. The second-order valence-corrected chi connectivity index (χ2v) is 8.99. The van der Waals surface area contributed by atoms with Crippen molar-refractivity contribution in [2.45, 2.75) is 18.9 Å². The molecule has 0 radical (unpaired) electrons. The molecule has 8 nitrogen and oxygen atoms in total. The van der Waals surface area contributed by atoms with Gasteiger partial charge in [-0.1, -0.05) is 23.7 Å². The number of halogens is 2. The predicted octanol–water partition coefficient (Wildman–Crippen LogP) is 3.26. The molecule has 0 unspecified atom stereocenters. The molecule has 1 amide bonds. The van der Waals surface area contributed by atoms with Gasteiger partial charge in [0.25, 0.3) is 0 Å². The first kappa shape index (κ1) is 21.7. The van der Waals surface area contributed by atoms with Crippen LogP contribution in [0.3, 0.4) is 0 Å². The summed E-state index contributed by atoms with van der Waals surface area (Å²) in [5.41, 5.74) is 0.938. The Bertz CT molecular complexity index is 1250. The van der Waals surface area contributed by atoms with Crippen molar-refractivity contribution >= 4 is 40.4 Å². The Balaban J connectivity index is 1.69. The number of fused-ring (bicyclic) bond motifs is 1. The fourth-order valence-corrected chi connectivity index (χ4v) is 4.63. The van der Waals surface area contributed by atoms with Crippen LogP contribution in [0.4, 0.5) is 10.3 Å². The lowest BCUT2D eigenvalue weighted by molar-refractivity contribution is -0.129. The molecule has 172 valence electrons.